The third-order valence-electron chi connectivity index (χ3n) is 0.471. The molecule has 0 amide bonds. The van der Waals surface area contributed by atoms with Crippen molar-refractivity contribution in [1.82, 2.24) is 0 Å². The zero-order chi connectivity index (χ0) is 4.28. The van der Waals surface area contributed by atoms with Crippen LogP contribution in [-0.4, -0.2) is 30.3 Å². The molecule has 0 saturated carbocycles. The van der Waals surface area contributed by atoms with Crippen LogP contribution < -0.4 is 0 Å². The summed E-state index contributed by atoms with van der Waals surface area (Å²) in [7, 11) is 1.80. The Labute approximate surface area is 42.1 Å². The first-order valence-electron chi connectivity index (χ1n) is 1.80. The van der Waals surface area contributed by atoms with Gasteiger partial charge in [0.05, 0.1) is 0 Å². The number of rotatable bonds is 1. The Morgan fingerprint density at radius 2 is 1.60 bits per heavy atom. The molecular weight excluding hydrogens is 256 g/mol. The molecule has 0 fully saturated rings. The van der Waals surface area contributed by atoms with Crippen molar-refractivity contribution in [1.29, 1.82) is 0 Å². The molecule has 1 nitrogen and oxygen atoms in total. The van der Waals surface area contributed by atoms with E-state index in [-0.39, 0.29) is 0 Å². The van der Waals surface area contributed by atoms with Gasteiger partial charge in [0.25, 0.3) is 0 Å². The summed E-state index contributed by atoms with van der Waals surface area (Å²) in [5, 5.41) is 0. The summed E-state index contributed by atoms with van der Waals surface area (Å²) < 4.78 is 9.42. The van der Waals surface area contributed by atoms with Crippen LogP contribution in [-0.2, 0) is 2.69 Å². The third-order valence-corrected chi connectivity index (χ3v) is 4.14. The Bertz CT molecular complexity index is 20.9. The van der Waals surface area contributed by atoms with E-state index in [1.807, 2.05) is 0 Å². The zero-order valence-corrected chi connectivity index (χ0v) is 8.47. The molecule has 0 aromatic heterocycles. The van der Waals surface area contributed by atoms with Gasteiger partial charge in [0.15, 0.2) is 0 Å². The van der Waals surface area contributed by atoms with Gasteiger partial charge in [-0.15, -0.1) is 0 Å². The molecule has 0 rings (SSSR count). The maximum atomic E-state index is 4.97. The van der Waals surface area contributed by atoms with Crippen molar-refractivity contribution in [3.05, 3.63) is 0 Å². The van der Waals surface area contributed by atoms with Gasteiger partial charge in [0, 0.05) is 0 Å². The van der Waals surface area contributed by atoms with Crippen molar-refractivity contribution in [2.24, 2.45) is 0 Å². The van der Waals surface area contributed by atoms with E-state index >= 15 is 0 Å². The van der Waals surface area contributed by atoms with E-state index in [1.165, 1.54) is 0 Å². The summed E-state index contributed by atoms with van der Waals surface area (Å²) in [5.74, 6) is 0. The normalized spacial score (nSPS) is 7.80. The molecule has 0 atom stereocenters. The van der Waals surface area contributed by atoms with E-state index in [0.29, 0.717) is 0 Å². The molecule has 0 aliphatic heterocycles. The van der Waals surface area contributed by atoms with Crippen LogP contribution in [0.4, 0.5) is 0 Å². The minimum atomic E-state index is -1.27. The molecule has 0 radical (unpaired) electrons. The van der Waals surface area contributed by atoms with Gasteiger partial charge in [-0.2, -0.15) is 0 Å². The zero-order valence-electron chi connectivity index (χ0n) is 3.99. The first-order chi connectivity index (χ1) is 2.27. The van der Waals surface area contributed by atoms with Crippen LogP contribution in [0, 0.1) is 0 Å². The second kappa shape index (κ2) is 3.09. The monoisotopic (exact) mass is 266 g/mol. The molecule has 0 aromatic rings. The fraction of sp³-hybridized carbons (Fsp3) is 1.00. The molecular formula is C3H9OTl. The first kappa shape index (κ1) is 5.88. The second-order valence-corrected chi connectivity index (χ2v) is 11.3. The molecule has 0 spiro atoms. The Morgan fingerprint density at radius 1 is 1.40 bits per heavy atom. The third kappa shape index (κ3) is 4.88. The van der Waals surface area contributed by atoms with Gasteiger partial charge in [-0.25, -0.2) is 0 Å². The molecule has 0 N–H and O–H groups in total. The van der Waals surface area contributed by atoms with E-state index in [0.717, 1.165) is 0 Å². The molecule has 0 aliphatic rings. The molecule has 0 aromatic carbocycles. The number of hydrogen-bond donors (Lipinski definition) is 0. The molecule has 0 saturated heterocycles. The Balaban J connectivity index is 2.54. The molecule has 5 heavy (non-hydrogen) atoms. The van der Waals surface area contributed by atoms with Crippen molar-refractivity contribution < 1.29 is 2.69 Å². The SMILES string of the molecule is C[O][Tl]([CH3])[CH3]. The van der Waals surface area contributed by atoms with Gasteiger partial charge in [-0.05, 0) is 0 Å². The van der Waals surface area contributed by atoms with Crippen LogP contribution in [0.1, 0.15) is 0 Å². The van der Waals surface area contributed by atoms with Crippen LogP contribution in [0.3, 0.4) is 0 Å². The average molecular weight is 265 g/mol. The molecule has 2 heteroatoms. The summed E-state index contributed by atoms with van der Waals surface area (Å²) in [6.07, 6.45) is 0. The van der Waals surface area contributed by atoms with E-state index in [4.69, 9.17) is 2.69 Å². The first-order valence-corrected chi connectivity index (χ1v) is 12.6. The quantitative estimate of drug-likeness (QED) is 0.640. The van der Waals surface area contributed by atoms with Gasteiger partial charge in [-0.3, -0.25) is 0 Å². The Morgan fingerprint density at radius 3 is 1.60 bits per heavy atom. The predicted molar refractivity (Wildman–Crippen MR) is 24.5 cm³/mol. The van der Waals surface area contributed by atoms with Crippen molar-refractivity contribution in [2.45, 2.75) is 8.97 Å². The van der Waals surface area contributed by atoms with Gasteiger partial charge in [0.2, 0.25) is 0 Å². The molecule has 0 heterocycles. The van der Waals surface area contributed by atoms with Gasteiger partial charge < -0.3 is 0 Å². The van der Waals surface area contributed by atoms with Crippen LogP contribution in [0.25, 0.3) is 0 Å². The summed E-state index contributed by atoms with van der Waals surface area (Å²) in [6, 6.07) is 0. The van der Waals surface area contributed by atoms with E-state index in [9.17, 15) is 0 Å². The van der Waals surface area contributed by atoms with Gasteiger partial charge in [-0.1, -0.05) is 0 Å². The van der Waals surface area contributed by atoms with Crippen molar-refractivity contribution in [2.75, 3.05) is 7.11 Å². The van der Waals surface area contributed by atoms with E-state index in [1.54, 1.807) is 7.11 Å². The van der Waals surface area contributed by atoms with Crippen LogP contribution in [0.15, 0.2) is 0 Å². The Hall–Kier alpha value is 0.882. The van der Waals surface area contributed by atoms with Gasteiger partial charge in [0.1, 0.15) is 0 Å². The van der Waals surface area contributed by atoms with Crippen molar-refractivity contribution in [3.63, 3.8) is 0 Å². The van der Waals surface area contributed by atoms with Gasteiger partial charge >= 0.3 is 41.9 Å². The van der Waals surface area contributed by atoms with Crippen LogP contribution in [0.5, 0.6) is 0 Å². The molecule has 30 valence electrons. The standard InChI is InChI=1S/CH3O.2CH3.Tl/c1-2;;;/h1H3;2*1H3;/q-1;;;+1. The molecule has 0 unspecified atom stereocenters. The van der Waals surface area contributed by atoms with E-state index in [2.05, 4.69) is 8.97 Å². The van der Waals surface area contributed by atoms with Crippen molar-refractivity contribution in [3.8, 4) is 0 Å². The second-order valence-electron chi connectivity index (χ2n) is 1.28. The maximum absolute atomic E-state index is 4.97. The molecule has 0 aliphatic carbocycles. The minimum absolute atomic E-state index is 1.27. The predicted octanol–water partition coefficient (Wildman–Crippen LogP) is 0.884. The van der Waals surface area contributed by atoms with Crippen LogP contribution in [0.2, 0.25) is 8.97 Å². The topological polar surface area (TPSA) is 9.23 Å². The number of hydrogen-bond acceptors (Lipinski definition) is 1. The summed E-state index contributed by atoms with van der Waals surface area (Å²) in [5.41, 5.74) is 0. The van der Waals surface area contributed by atoms with E-state index < -0.39 is 23.2 Å². The van der Waals surface area contributed by atoms with Crippen molar-refractivity contribution >= 4 is 23.2 Å². The fourth-order valence-corrected chi connectivity index (χ4v) is 0. The average Bonchev–Trinajstić information content (AvgIpc) is 1.38. The van der Waals surface area contributed by atoms with Crippen LogP contribution >= 0.6 is 0 Å². The summed E-state index contributed by atoms with van der Waals surface area (Å²) in [4.78, 5) is 0. The Kier molecular flexibility index (Phi) is 3.63. The summed E-state index contributed by atoms with van der Waals surface area (Å²) in [6.45, 7) is 0. The summed E-state index contributed by atoms with van der Waals surface area (Å²) >= 11 is -1.27. The fourth-order valence-electron chi connectivity index (χ4n) is 0. The molecule has 0 bridgehead atoms.